The molecule has 0 atom stereocenters. The van der Waals surface area contributed by atoms with Gasteiger partial charge in [0.25, 0.3) is 0 Å². The summed E-state index contributed by atoms with van der Waals surface area (Å²) in [6.45, 7) is 5.87. The van der Waals surface area contributed by atoms with Crippen molar-refractivity contribution in [3.8, 4) is 5.75 Å². The van der Waals surface area contributed by atoms with E-state index >= 15 is 0 Å². The molecule has 18 heavy (non-hydrogen) atoms. The molecular weight excluding hydrogens is 248 g/mol. The Morgan fingerprint density at radius 2 is 2.28 bits per heavy atom. The Balaban J connectivity index is 2.10. The van der Waals surface area contributed by atoms with Crippen LogP contribution in [0.25, 0.3) is 0 Å². The fraction of sp³-hybridized carbons (Fsp3) is 0.500. The first-order valence-electron chi connectivity index (χ1n) is 6.16. The second-order valence-corrected chi connectivity index (χ2v) is 5.57. The normalized spacial score (nSPS) is 15.2. The minimum Gasteiger partial charge on any atom is -0.494 e. The molecule has 0 aromatic heterocycles. The molecule has 2 rings (SSSR count). The van der Waals surface area contributed by atoms with E-state index in [4.69, 9.17) is 9.47 Å². The molecule has 0 radical (unpaired) electrons. The zero-order chi connectivity index (χ0) is 13.0. The summed E-state index contributed by atoms with van der Waals surface area (Å²) in [7, 11) is 0. The molecule has 1 heterocycles. The summed E-state index contributed by atoms with van der Waals surface area (Å²) in [4.78, 5) is 11.4. The summed E-state index contributed by atoms with van der Waals surface area (Å²) in [6.07, 6.45) is 0. The van der Waals surface area contributed by atoms with Crippen molar-refractivity contribution in [3.63, 3.8) is 0 Å². The summed E-state index contributed by atoms with van der Waals surface area (Å²) in [6, 6.07) is 5.67. The highest BCUT2D eigenvalue weighted by Crippen LogP contribution is 2.29. The van der Waals surface area contributed by atoms with Crippen LogP contribution in [0.1, 0.15) is 29.8 Å². The van der Waals surface area contributed by atoms with Gasteiger partial charge < -0.3 is 9.47 Å². The molecule has 1 aromatic rings. The number of carbonyl (C=O) groups excluding carboxylic acids is 1. The second kappa shape index (κ2) is 6.25. The highest BCUT2D eigenvalue weighted by atomic mass is 32.2. The van der Waals surface area contributed by atoms with Gasteiger partial charge in [-0.2, -0.15) is 0 Å². The number of hydrogen-bond donors (Lipinski definition) is 0. The van der Waals surface area contributed by atoms with Gasteiger partial charge in [-0.3, -0.25) is 4.79 Å². The zero-order valence-electron chi connectivity index (χ0n) is 10.8. The van der Waals surface area contributed by atoms with E-state index in [1.807, 2.05) is 36.9 Å². The van der Waals surface area contributed by atoms with Crippen molar-refractivity contribution in [2.75, 3.05) is 19.8 Å². The largest absolute Gasteiger partial charge is 0.494 e. The maximum atomic E-state index is 11.4. The van der Waals surface area contributed by atoms with E-state index in [1.165, 1.54) is 0 Å². The van der Waals surface area contributed by atoms with E-state index < -0.39 is 0 Å². The van der Waals surface area contributed by atoms with Crippen molar-refractivity contribution in [1.29, 1.82) is 0 Å². The molecule has 3 nitrogen and oxygen atoms in total. The molecule has 1 fully saturated rings. The first-order valence-corrected chi connectivity index (χ1v) is 7.21. The summed E-state index contributed by atoms with van der Waals surface area (Å²) in [5.74, 6) is 1.84. The zero-order valence-corrected chi connectivity index (χ0v) is 11.6. The molecule has 0 N–H and O–H groups in total. The van der Waals surface area contributed by atoms with Crippen molar-refractivity contribution >= 4 is 17.5 Å². The van der Waals surface area contributed by atoms with Crippen LogP contribution in [0.15, 0.2) is 18.2 Å². The standard InChI is InChI=1S/C14H18O3S/c1-3-17-14-5-4-11(10(2)15)6-12(14)9-18-13-7-16-8-13/h4-6,13H,3,7-9H2,1-2H3. The van der Waals surface area contributed by atoms with E-state index in [1.54, 1.807) is 6.92 Å². The van der Waals surface area contributed by atoms with Crippen LogP contribution < -0.4 is 4.74 Å². The lowest BCUT2D eigenvalue weighted by Crippen LogP contribution is -2.30. The van der Waals surface area contributed by atoms with Crippen molar-refractivity contribution in [2.24, 2.45) is 0 Å². The molecule has 1 aromatic carbocycles. The SMILES string of the molecule is CCOc1ccc(C(C)=O)cc1CSC1COC1. The molecule has 98 valence electrons. The molecule has 1 saturated heterocycles. The lowest BCUT2D eigenvalue weighted by atomic mass is 10.1. The molecule has 0 aliphatic carbocycles. The van der Waals surface area contributed by atoms with Gasteiger partial charge >= 0.3 is 0 Å². The van der Waals surface area contributed by atoms with Gasteiger partial charge in [0.15, 0.2) is 5.78 Å². The van der Waals surface area contributed by atoms with Crippen molar-refractivity contribution in [1.82, 2.24) is 0 Å². The number of carbonyl (C=O) groups is 1. The van der Waals surface area contributed by atoms with Gasteiger partial charge in [-0.15, -0.1) is 11.8 Å². The molecule has 4 heteroatoms. The van der Waals surface area contributed by atoms with E-state index in [0.717, 1.165) is 35.8 Å². The van der Waals surface area contributed by atoms with Crippen LogP contribution in [0.5, 0.6) is 5.75 Å². The Bertz CT molecular complexity index is 427. The van der Waals surface area contributed by atoms with Crippen LogP contribution >= 0.6 is 11.8 Å². The van der Waals surface area contributed by atoms with Crippen LogP contribution in [0.4, 0.5) is 0 Å². The summed E-state index contributed by atoms with van der Waals surface area (Å²) >= 11 is 1.86. The van der Waals surface area contributed by atoms with Crippen LogP contribution in [-0.2, 0) is 10.5 Å². The van der Waals surface area contributed by atoms with Crippen LogP contribution in [0.2, 0.25) is 0 Å². The maximum Gasteiger partial charge on any atom is 0.159 e. The van der Waals surface area contributed by atoms with Crippen molar-refractivity contribution in [2.45, 2.75) is 24.9 Å². The average Bonchev–Trinajstić information content (AvgIpc) is 2.29. The minimum atomic E-state index is 0.0938. The van der Waals surface area contributed by atoms with Gasteiger partial charge in [0, 0.05) is 16.9 Å². The second-order valence-electron chi connectivity index (χ2n) is 4.28. The third-order valence-corrected chi connectivity index (χ3v) is 4.07. The van der Waals surface area contributed by atoms with Crippen LogP contribution in [-0.4, -0.2) is 30.9 Å². The smallest absolute Gasteiger partial charge is 0.159 e. The first kappa shape index (κ1) is 13.4. The maximum absolute atomic E-state index is 11.4. The topological polar surface area (TPSA) is 35.5 Å². The summed E-state index contributed by atoms with van der Waals surface area (Å²) in [5.41, 5.74) is 1.85. The molecule has 0 amide bonds. The summed E-state index contributed by atoms with van der Waals surface area (Å²) in [5, 5.41) is 0.584. The number of Topliss-reactive ketones (excluding diaryl/α,β-unsaturated/α-hetero) is 1. The van der Waals surface area contributed by atoms with Crippen molar-refractivity contribution in [3.05, 3.63) is 29.3 Å². The molecule has 0 bridgehead atoms. The Hall–Kier alpha value is -1.00. The Kier molecular flexibility index (Phi) is 4.66. The van der Waals surface area contributed by atoms with Gasteiger partial charge in [-0.1, -0.05) is 0 Å². The van der Waals surface area contributed by atoms with Gasteiger partial charge in [0.05, 0.1) is 25.1 Å². The third-order valence-electron chi connectivity index (χ3n) is 2.85. The molecule has 1 aliphatic rings. The number of ketones is 1. The fourth-order valence-electron chi connectivity index (χ4n) is 1.73. The minimum absolute atomic E-state index is 0.0938. The Morgan fingerprint density at radius 1 is 1.50 bits per heavy atom. The average molecular weight is 266 g/mol. The predicted octanol–water partition coefficient (Wildman–Crippen LogP) is 2.92. The van der Waals surface area contributed by atoms with Crippen LogP contribution in [0.3, 0.4) is 0 Å². The molecule has 0 spiro atoms. The monoisotopic (exact) mass is 266 g/mol. The highest BCUT2D eigenvalue weighted by molar-refractivity contribution is 7.99. The van der Waals surface area contributed by atoms with Gasteiger partial charge in [0.2, 0.25) is 0 Å². The number of thioether (sulfide) groups is 1. The highest BCUT2D eigenvalue weighted by Gasteiger charge is 2.19. The Labute approximate surface area is 112 Å². The number of benzene rings is 1. The quantitative estimate of drug-likeness (QED) is 0.742. The van der Waals surface area contributed by atoms with E-state index in [2.05, 4.69) is 0 Å². The van der Waals surface area contributed by atoms with E-state index in [0.29, 0.717) is 11.9 Å². The first-order chi connectivity index (χ1) is 8.70. The van der Waals surface area contributed by atoms with Crippen LogP contribution in [0, 0.1) is 0 Å². The number of ether oxygens (including phenoxy) is 2. The summed E-state index contributed by atoms with van der Waals surface area (Å²) < 4.78 is 10.8. The number of rotatable bonds is 6. The third kappa shape index (κ3) is 3.27. The molecule has 0 unspecified atom stereocenters. The van der Waals surface area contributed by atoms with Crippen molar-refractivity contribution < 1.29 is 14.3 Å². The molecular formula is C14H18O3S. The van der Waals surface area contributed by atoms with Gasteiger partial charge in [-0.05, 0) is 32.0 Å². The molecule has 0 saturated carbocycles. The Morgan fingerprint density at radius 3 is 2.83 bits per heavy atom. The van der Waals surface area contributed by atoms with Gasteiger partial charge in [-0.25, -0.2) is 0 Å². The van der Waals surface area contributed by atoms with Gasteiger partial charge in [0.1, 0.15) is 5.75 Å². The predicted molar refractivity (Wildman–Crippen MR) is 73.5 cm³/mol. The fourth-order valence-corrected chi connectivity index (χ4v) is 2.75. The number of hydrogen-bond acceptors (Lipinski definition) is 4. The van der Waals surface area contributed by atoms with E-state index in [9.17, 15) is 4.79 Å². The molecule has 1 aliphatic heterocycles. The lowest BCUT2D eigenvalue weighted by Gasteiger charge is -2.25. The van der Waals surface area contributed by atoms with E-state index in [-0.39, 0.29) is 5.78 Å². The lowest BCUT2D eigenvalue weighted by molar-refractivity contribution is 0.0455.